The van der Waals surface area contributed by atoms with Crippen LogP contribution >= 0.6 is 11.3 Å². The third-order valence-electron chi connectivity index (χ3n) is 4.52. The summed E-state index contributed by atoms with van der Waals surface area (Å²) in [6.45, 7) is 5.01. The lowest BCUT2D eigenvalue weighted by molar-refractivity contribution is -0.119. The fraction of sp³-hybridized carbons (Fsp3) is 0.389. The van der Waals surface area contributed by atoms with Gasteiger partial charge in [-0.2, -0.15) is 8.42 Å². The maximum Gasteiger partial charge on any atom is 0.293 e. The predicted octanol–water partition coefficient (Wildman–Crippen LogP) is 1.90. The Labute approximate surface area is 172 Å². The van der Waals surface area contributed by atoms with Crippen molar-refractivity contribution in [2.24, 2.45) is 0 Å². The van der Waals surface area contributed by atoms with Crippen molar-refractivity contribution in [1.82, 2.24) is 19.3 Å². The Balaban J connectivity index is 1.53. The molecular formula is C18H21N5O4S2. The molecule has 11 heteroatoms. The molecule has 3 aromatic rings. The van der Waals surface area contributed by atoms with E-state index in [-0.39, 0.29) is 10.8 Å². The number of nitrogens with one attached hydrogen (secondary N) is 1. The highest BCUT2D eigenvalue weighted by Crippen LogP contribution is 2.26. The van der Waals surface area contributed by atoms with Crippen molar-refractivity contribution < 1.29 is 17.9 Å². The van der Waals surface area contributed by atoms with Gasteiger partial charge in [-0.1, -0.05) is 30.4 Å². The Morgan fingerprint density at radius 2 is 1.97 bits per heavy atom. The summed E-state index contributed by atoms with van der Waals surface area (Å²) in [6.07, 6.45) is 2.39. The van der Waals surface area contributed by atoms with Crippen LogP contribution in [0, 0.1) is 0 Å². The zero-order valence-corrected chi connectivity index (χ0v) is 17.5. The Morgan fingerprint density at radius 1 is 1.24 bits per heavy atom. The third-order valence-corrected chi connectivity index (χ3v) is 7.18. The van der Waals surface area contributed by atoms with Crippen molar-refractivity contribution in [3.63, 3.8) is 0 Å². The van der Waals surface area contributed by atoms with Gasteiger partial charge in [0.05, 0.1) is 25.1 Å². The highest BCUT2D eigenvalue weighted by molar-refractivity contribution is 7.92. The topological polar surface area (TPSA) is 106 Å². The number of imidazole rings is 1. The van der Waals surface area contributed by atoms with Gasteiger partial charge < -0.3 is 9.64 Å². The number of aromatic nitrogens is 3. The van der Waals surface area contributed by atoms with E-state index in [1.54, 1.807) is 13.1 Å². The molecule has 1 fully saturated rings. The molecule has 9 nitrogen and oxygen atoms in total. The van der Waals surface area contributed by atoms with Gasteiger partial charge in [-0.05, 0) is 18.6 Å². The summed E-state index contributed by atoms with van der Waals surface area (Å²) in [4.78, 5) is 18.8. The van der Waals surface area contributed by atoms with Gasteiger partial charge in [-0.15, -0.1) is 5.10 Å². The van der Waals surface area contributed by atoms with Crippen LogP contribution in [0.4, 0.5) is 5.69 Å². The number of rotatable bonds is 6. The van der Waals surface area contributed by atoms with Crippen LogP contribution in [0.3, 0.4) is 0 Å². The van der Waals surface area contributed by atoms with Gasteiger partial charge in [0, 0.05) is 30.8 Å². The van der Waals surface area contributed by atoms with E-state index in [9.17, 15) is 13.2 Å². The molecule has 0 atom stereocenters. The molecule has 4 rings (SSSR count). The minimum atomic E-state index is -3.98. The normalized spacial score (nSPS) is 15.0. The zero-order chi connectivity index (χ0) is 20.4. The average molecular weight is 436 g/mol. The minimum absolute atomic E-state index is 0.145. The number of hydrogen-bond donors (Lipinski definition) is 1. The van der Waals surface area contributed by atoms with E-state index < -0.39 is 15.9 Å². The largest absolute Gasteiger partial charge is 0.378 e. The van der Waals surface area contributed by atoms with E-state index in [0.717, 1.165) is 48.9 Å². The van der Waals surface area contributed by atoms with Crippen LogP contribution in [0.1, 0.15) is 19.8 Å². The number of morpholine rings is 1. The number of nitrogens with zero attached hydrogens (tertiary/aromatic N) is 4. The predicted molar refractivity (Wildman–Crippen MR) is 110 cm³/mol. The van der Waals surface area contributed by atoms with E-state index in [2.05, 4.69) is 15.0 Å². The molecule has 0 bridgehead atoms. The quantitative estimate of drug-likeness (QED) is 0.630. The first-order valence-corrected chi connectivity index (χ1v) is 11.6. The van der Waals surface area contributed by atoms with Crippen LogP contribution in [0.2, 0.25) is 0 Å². The maximum absolute atomic E-state index is 12.3. The molecule has 0 radical (unpaired) electrons. The molecule has 1 aromatic carbocycles. The third kappa shape index (κ3) is 4.26. The number of ether oxygens (including phenoxy) is 1. The van der Waals surface area contributed by atoms with Gasteiger partial charge >= 0.3 is 0 Å². The minimum Gasteiger partial charge on any atom is -0.378 e. The van der Waals surface area contributed by atoms with E-state index >= 15 is 0 Å². The zero-order valence-electron chi connectivity index (χ0n) is 15.9. The highest BCUT2D eigenvalue weighted by Gasteiger charge is 2.23. The molecule has 1 N–H and O–H groups in total. The van der Waals surface area contributed by atoms with Crippen molar-refractivity contribution in [2.75, 3.05) is 31.2 Å². The summed E-state index contributed by atoms with van der Waals surface area (Å²) in [6, 6.07) is 8.06. The number of fused-ring (bicyclic) bond motifs is 1. The molecule has 0 aliphatic carbocycles. The van der Waals surface area contributed by atoms with Gasteiger partial charge in [0.2, 0.25) is 10.9 Å². The fourth-order valence-electron chi connectivity index (χ4n) is 3.07. The van der Waals surface area contributed by atoms with Crippen molar-refractivity contribution >= 4 is 37.9 Å². The van der Waals surface area contributed by atoms with Crippen molar-refractivity contribution in [1.29, 1.82) is 0 Å². The van der Waals surface area contributed by atoms with Crippen LogP contribution in [0.5, 0.6) is 0 Å². The van der Waals surface area contributed by atoms with E-state index in [4.69, 9.17) is 4.74 Å². The molecule has 0 saturated carbocycles. The molecule has 154 valence electrons. The van der Waals surface area contributed by atoms with Crippen molar-refractivity contribution in [3.8, 4) is 11.3 Å². The van der Waals surface area contributed by atoms with Gasteiger partial charge in [0.15, 0.2) is 0 Å². The van der Waals surface area contributed by atoms with Crippen LogP contribution in [-0.4, -0.2) is 55.2 Å². The standard InChI is InChI=1S/C18H21N5O4S2/c1-2-3-16(24)21-29(25,26)18-20-23-12-15(19-17(23)28-18)13-4-6-14(7-5-13)22-8-10-27-11-9-22/h4-7,12H,2-3,8-11H2,1H3,(H,21,24). The Hall–Kier alpha value is -2.50. The Bertz CT molecular complexity index is 1080. The molecular weight excluding hydrogens is 414 g/mol. The molecule has 2 aromatic heterocycles. The summed E-state index contributed by atoms with van der Waals surface area (Å²) in [5.74, 6) is -0.540. The SMILES string of the molecule is CCCC(=O)NS(=O)(=O)c1nn2cc(-c3ccc(N4CCOCC4)cc3)nc2s1. The van der Waals surface area contributed by atoms with Gasteiger partial charge in [-0.3, -0.25) is 4.79 Å². The molecule has 1 amide bonds. The van der Waals surface area contributed by atoms with Crippen LogP contribution in [0.15, 0.2) is 34.8 Å². The monoisotopic (exact) mass is 435 g/mol. The number of hydrogen-bond acceptors (Lipinski definition) is 8. The first-order valence-electron chi connectivity index (χ1n) is 9.31. The summed E-state index contributed by atoms with van der Waals surface area (Å²) < 4.78 is 33.2. The van der Waals surface area contributed by atoms with Crippen LogP contribution < -0.4 is 9.62 Å². The molecule has 0 spiro atoms. The number of sulfonamides is 1. The van der Waals surface area contributed by atoms with E-state index in [0.29, 0.717) is 17.1 Å². The smallest absolute Gasteiger partial charge is 0.293 e. The van der Waals surface area contributed by atoms with E-state index in [1.165, 1.54) is 4.52 Å². The lowest BCUT2D eigenvalue weighted by Crippen LogP contribution is -2.36. The summed E-state index contributed by atoms with van der Waals surface area (Å²) in [5.41, 5.74) is 2.75. The molecule has 29 heavy (non-hydrogen) atoms. The Morgan fingerprint density at radius 3 is 2.62 bits per heavy atom. The second kappa shape index (κ2) is 8.09. The second-order valence-corrected chi connectivity index (χ2v) is 9.46. The van der Waals surface area contributed by atoms with Crippen molar-refractivity contribution in [2.45, 2.75) is 24.1 Å². The van der Waals surface area contributed by atoms with Gasteiger partial charge in [-0.25, -0.2) is 14.2 Å². The van der Waals surface area contributed by atoms with E-state index in [1.807, 2.05) is 29.0 Å². The molecule has 1 aliphatic rings. The number of carbonyl (C=O) groups is 1. The Kier molecular flexibility index (Phi) is 5.52. The van der Waals surface area contributed by atoms with Gasteiger partial charge in [0.1, 0.15) is 0 Å². The molecule has 1 aliphatic heterocycles. The fourth-order valence-corrected chi connectivity index (χ4v) is 5.15. The van der Waals surface area contributed by atoms with Crippen LogP contribution in [-0.2, 0) is 19.6 Å². The molecule has 0 unspecified atom stereocenters. The molecule has 3 heterocycles. The number of benzene rings is 1. The lowest BCUT2D eigenvalue weighted by Gasteiger charge is -2.28. The molecule has 1 saturated heterocycles. The second-order valence-electron chi connectivity index (χ2n) is 6.65. The summed E-state index contributed by atoms with van der Waals surface area (Å²) in [7, 11) is -3.98. The average Bonchev–Trinajstić information content (AvgIpc) is 3.28. The number of carbonyl (C=O) groups excluding carboxylic acids is 1. The van der Waals surface area contributed by atoms with Gasteiger partial charge in [0.25, 0.3) is 14.4 Å². The first-order chi connectivity index (χ1) is 14.0. The lowest BCUT2D eigenvalue weighted by atomic mass is 10.1. The number of amides is 1. The van der Waals surface area contributed by atoms with Crippen molar-refractivity contribution in [3.05, 3.63) is 30.5 Å². The summed E-state index contributed by atoms with van der Waals surface area (Å²) >= 11 is 0.922. The summed E-state index contributed by atoms with van der Waals surface area (Å²) in [5, 5.41) is 4.08. The first kappa shape index (κ1) is 19.8. The van der Waals surface area contributed by atoms with Crippen LogP contribution in [0.25, 0.3) is 16.2 Å². The maximum atomic E-state index is 12.3. The highest BCUT2D eigenvalue weighted by atomic mass is 32.2. The number of anilines is 1.